The van der Waals surface area contributed by atoms with Gasteiger partial charge >= 0.3 is 0 Å². The van der Waals surface area contributed by atoms with Crippen LogP contribution in [0.4, 0.5) is 0 Å². The molecule has 1 aliphatic rings. The average molecular weight is 309 g/mol. The topological polar surface area (TPSA) is 50.9 Å². The molecule has 2 aromatic rings. The molecule has 4 nitrogen and oxygen atoms in total. The molecule has 0 bridgehead atoms. The van der Waals surface area contributed by atoms with E-state index in [0.29, 0.717) is 0 Å². The monoisotopic (exact) mass is 309 g/mol. The van der Waals surface area contributed by atoms with Gasteiger partial charge in [0, 0.05) is 11.8 Å². The predicted molar refractivity (Wildman–Crippen MR) is 83.1 cm³/mol. The van der Waals surface area contributed by atoms with E-state index in [4.69, 9.17) is 0 Å². The SMILES string of the molecule is CCn1c(SC2CCCCC2O)nnc1-c1cccs1. The summed E-state index contributed by atoms with van der Waals surface area (Å²) in [6, 6.07) is 4.11. The molecule has 1 aliphatic carbocycles. The fraction of sp³-hybridized carbons (Fsp3) is 0.571. The van der Waals surface area contributed by atoms with Crippen LogP contribution in [0.25, 0.3) is 10.7 Å². The van der Waals surface area contributed by atoms with Gasteiger partial charge in [0.05, 0.1) is 11.0 Å². The lowest BCUT2D eigenvalue weighted by Crippen LogP contribution is -2.27. The lowest BCUT2D eigenvalue weighted by molar-refractivity contribution is 0.137. The zero-order valence-electron chi connectivity index (χ0n) is 11.5. The summed E-state index contributed by atoms with van der Waals surface area (Å²) in [6.07, 6.45) is 4.11. The molecule has 1 N–H and O–H groups in total. The summed E-state index contributed by atoms with van der Waals surface area (Å²) < 4.78 is 2.15. The first-order chi connectivity index (χ1) is 9.79. The molecule has 0 aliphatic heterocycles. The van der Waals surface area contributed by atoms with Crippen molar-refractivity contribution in [1.82, 2.24) is 14.8 Å². The third-order valence-electron chi connectivity index (χ3n) is 3.70. The van der Waals surface area contributed by atoms with Crippen LogP contribution < -0.4 is 0 Å². The van der Waals surface area contributed by atoms with Crippen molar-refractivity contribution >= 4 is 23.1 Å². The van der Waals surface area contributed by atoms with Crippen LogP contribution in [0, 0.1) is 0 Å². The quantitative estimate of drug-likeness (QED) is 0.940. The van der Waals surface area contributed by atoms with E-state index in [-0.39, 0.29) is 11.4 Å². The van der Waals surface area contributed by atoms with E-state index in [1.54, 1.807) is 23.1 Å². The highest BCUT2D eigenvalue weighted by Gasteiger charge is 2.26. The lowest BCUT2D eigenvalue weighted by Gasteiger charge is -2.26. The second kappa shape index (κ2) is 6.28. The van der Waals surface area contributed by atoms with Gasteiger partial charge in [0.15, 0.2) is 11.0 Å². The Balaban J connectivity index is 1.83. The van der Waals surface area contributed by atoms with Crippen LogP contribution in [0.5, 0.6) is 0 Å². The van der Waals surface area contributed by atoms with E-state index in [1.165, 1.54) is 6.42 Å². The van der Waals surface area contributed by atoms with E-state index < -0.39 is 0 Å². The van der Waals surface area contributed by atoms with Crippen molar-refractivity contribution in [3.63, 3.8) is 0 Å². The average Bonchev–Trinajstić information content (AvgIpc) is 3.10. The number of rotatable bonds is 4. The van der Waals surface area contributed by atoms with E-state index >= 15 is 0 Å². The highest BCUT2D eigenvalue weighted by molar-refractivity contribution is 7.99. The maximum Gasteiger partial charge on any atom is 0.191 e. The molecule has 3 rings (SSSR count). The summed E-state index contributed by atoms with van der Waals surface area (Å²) in [5.41, 5.74) is 0. The molecule has 0 radical (unpaired) electrons. The lowest BCUT2D eigenvalue weighted by atomic mass is 9.97. The van der Waals surface area contributed by atoms with Gasteiger partial charge in [-0.3, -0.25) is 0 Å². The summed E-state index contributed by atoms with van der Waals surface area (Å²) in [5, 5.41) is 22.0. The Morgan fingerprint density at radius 1 is 1.40 bits per heavy atom. The van der Waals surface area contributed by atoms with Gasteiger partial charge in [-0.05, 0) is 31.2 Å². The van der Waals surface area contributed by atoms with Gasteiger partial charge in [-0.1, -0.05) is 30.7 Å². The number of hydrogen-bond donors (Lipinski definition) is 1. The molecule has 2 aromatic heterocycles. The van der Waals surface area contributed by atoms with E-state index in [9.17, 15) is 5.11 Å². The van der Waals surface area contributed by atoms with E-state index in [2.05, 4.69) is 33.1 Å². The Labute approximate surface area is 127 Å². The molecule has 108 valence electrons. The molecule has 0 aromatic carbocycles. The Hall–Kier alpha value is -0.850. The zero-order chi connectivity index (χ0) is 13.9. The first-order valence-corrected chi connectivity index (χ1v) is 8.87. The number of aliphatic hydroxyl groups is 1. The summed E-state index contributed by atoms with van der Waals surface area (Å²) >= 11 is 3.37. The van der Waals surface area contributed by atoms with Crippen molar-refractivity contribution in [3.05, 3.63) is 17.5 Å². The Bertz CT molecular complexity index is 553. The van der Waals surface area contributed by atoms with Gasteiger partial charge in [-0.25, -0.2) is 0 Å². The van der Waals surface area contributed by atoms with Crippen LogP contribution in [0.1, 0.15) is 32.6 Å². The van der Waals surface area contributed by atoms with Crippen LogP contribution in [-0.4, -0.2) is 31.2 Å². The molecule has 0 amide bonds. The highest BCUT2D eigenvalue weighted by atomic mass is 32.2. The van der Waals surface area contributed by atoms with Gasteiger partial charge in [-0.2, -0.15) is 0 Å². The van der Waals surface area contributed by atoms with Crippen molar-refractivity contribution in [2.75, 3.05) is 0 Å². The van der Waals surface area contributed by atoms with Crippen molar-refractivity contribution in [3.8, 4) is 10.7 Å². The van der Waals surface area contributed by atoms with Crippen molar-refractivity contribution in [2.45, 2.75) is 55.7 Å². The highest BCUT2D eigenvalue weighted by Crippen LogP contribution is 2.35. The van der Waals surface area contributed by atoms with Crippen LogP contribution in [0.15, 0.2) is 22.7 Å². The number of hydrogen-bond acceptors (Lipinski definition) is 5. The number of aliphatic hydroxyl groups excluding tert-OH is 1. The predicted octanol–water partition coefficient (Wildman–Crippen LogP) is 3.42. The largest absolute Gasteiger partial charge is 0.392 e. The molecular formula is C14H19N3OS2. The summed E-state index contributed by atoms with van der Waals surface area (Å²) in [6.45, 7) is 2.97. The summed E-state index contributed by atoms with van der Waals surface area (Å²) in [7, 11) is 0. The molecule has 2 unspecified atom stereocenters. The smallest absolute Gasteiger partial charge is 0.191 e. The zero-order valence-corrected chi connectivity index (χ0v) is 13.2. The Morgan fingerprint density at radius 3 is 2.95 bits per heavy atom. The van der Waals surface area contributed by atoms with Crippen LogP contribution in [0.2, 0.25) is 0 Å². The minimum atomic E-state index is -0.207. The molecule has 2 atom stereocenters. The number of aromatic nitrogens is 3. The van der Waals surface area contributed by atoms with Gasteiger partial charge in [0.1, 0.15) is 0 Å². The van der Waals surface area contributed by atoms with Crippen molar-refractivity contribution in [2.24, 2.45) is 0 Å². The third-order valence-corrected chi connectivity index (χ3v) is 5.93. The maximum atomic E-state index is 10.1. The summed E-state index contributed by atoms with van der Waals surface area (Å²) in [4.78, 5) is 1.15. The van der Waals surface area contributed by atoms with Crippen LogP contribution in [-0.2, 0) is 6.54 Å². The fourth-order valence-electron chi connectivity index (χ4n) is 2.60. The molecule has 2 heterocycles. The standard InChI is InChI=1S/C14H19N3OS2/c1-2-17-13(12-8-5-9-19-12)15-16-14(17)20-11-7-4-3-6-10(11)18/h5,8-11,18H,2-4,6-7H2,1H3. The molecule has 6 heteroatoms. The van der Waals surface area contributed by atoms with Crippen LogP contribution >= 0.6 is 23.1 Å². The van der Waals surface area contributed by atoms with Gasteiger partial charge < -0.3 is 9.67 Å². The molecular weight excluding hydrogens is 290 g/mol. The van der Waals surface area contributed by atoms with Crippen LogP contribution in [0.3, 0.4) is 0 Å². The first kappa shape index (κ1) is 14.1. The minimum absolute atomic E-state index is 0.207. The molecule has 0 saturated heterocycles. The third kappa shape index (κ3) is 2.77. The van der Waals surface area contributed by atoms with E-state index in [0.717, 1.165) is 41.7 Å². The second-order valence-electron chi connectivity index (χ2n) is 5.04. The molecule has 20 heavy (non-hydrogen) atoms. The fourth-order valence-corrected chi connectivity index (χ4v) is 4.60. The number of thiophene rings is 1. The van der Waals surface area contributed by atoms with Gasteiger partial charge in [-0.15, -0.1) is 21.5 Å². The minimum Gasteiger partial charge on any atom is -0.392 e. The Kier molecular flexibility index (Phi) is 4.43. The normalized spacial score (nSPS) is 23.1. The number of thioether (sulfide) groups is 1. The van der Waals surface area contributed by atoms with E-state index in [1.807, 2.05) is 6.07 Å². The molecule has 1 fully saturated rings. The molecule has 0 spiro atoms. The second-order valence-corrected chi connectivity index (χ2v) is 7.19. The van der Waals surface area contributed by atoms with Crippen molar-refractivity contribution < 1.29 is 5.11 Å². The molecule has 1 saturated carbocycles. The van der Waals surface area contributed by atoms with Crippen molar-refractivity contribution in [1.29, 1.82) is 0 Å². The first-order valence-electron chi connectivity index (χ1n) is 7.11. The summed E-state index contributed by atoms with van der Waals surface area (Å²) in [5.74, 6) is 0.940. The maximum absolute atomic E-state index is 10.1. The van der Waals surface area contributed by atoms with Gasteiger partial charge in [0.2, 0.25) is 0 Å². The number of nitrogens with zero attached hydrogens (tertiary/aromatic N) is 3. The van der Waals surface area contributed by atoms with Gasteiger partial charge in [0.25, 0.3) is 0 Å². The Morgan fingerprint density at radius 2 is 2.25 bits per heavy atom.